The summed E-state index contributed by atoms with van der Waals surface area (Å²) in [4.78, 5) is 12.7. The summed E-state index contributed by atoms with van der Waals surface area (Å²) >= 11 is 0. The number of nitrogens with zero attached hydrogens (tertiary/aromatic N) is 1. The van der Waals surface area contributed by atoms with Gasteiger partial charge in [0.15, 0.2) is 0 Å². The van der Waals surface area contributed by atoms with Gasteiger partial charge in [0.1, 0.15) is 0 Å². The highest BCUT2D eigenvalue weighted by atomic mass is 19.4. The maximum atomic E-state index is 12.6. The number of amides is 1. The van der Waals surface area contributed by atoms with E-state index in [0.29, 0.717) is 18.7 Å². The summed E-state index contributed by atoms with van der Waals surface area (Å²) in [5.74, 6) is -0.383. The van der Waals surface area contributed by atoms with Crippen LogP contribution in [0.3, 0.4) is 0 Å². The molecule has 1 fully saturated rings. The highest BCUT2D eigenvalue weighted by Crippen LogP contribution is 2.33. The zero-order chi connectivity index (χ0) is 14.0. The van der Waals surface area contributed by atoms with Crippen molar-refractivity contribution in [1.29, 1.82) is 0 Å². The van der Waals surface area contributed by atoms with E-state index in [1.807, 2.05) is 4.90 Å². The van der Waals surface area contributed by atoms with E-state index in [4.69, 9.17) is 5.73 Å². The lowest BCUT2D eigenvalue weighted by atomic mass is 9.96. The van der Waals surface area contributed by atoms with Crippen LogP contribution in [0.2, 0.25) is 0 Å². The van der Waals surface area contributed by atoms with Gasteiger partial charge in [0.25, 0.3) is 0 Å². The van der Waals surface area contributed by atoms with E-state index in [9.17, 15) is 18.0 Å². The molecule has 0 saturated carbocycles. The van der Waals surface area contributed by atoms with Gasteiger partial charge in [-0.3, -0.25) is 9.69 Å². The van der Waals surface area contributed by atoms with Gasteiger partial charge >= 0.3 is 6.18 Å². The molecule has 2 N–H and O–H groups in total. The number of benzene rings is 1. The van der Waals surface area contributed by atoms with Crippen LogP contribution in [0.4, 0.5) is 13.2 Å². The van der Waals surface area contributed by atoms with Crippen LogP contribution < -0.4 is 5.73 Å². The second kappa shape index (κ2) is 5.21. The smallest absolute Gasteiger partial charge is 0.369 e. The molecule has 1 heterocycles. The molecule has 1 amide bonds. The van der Waals surface area contributed by atoms with E-state index in [1.165, 1.54) is 12.1 Å². The average Bonchev–Trinajstić information content (AvgIpc) is 2.76. The van der Waals surface area contributed by atoms with E-state index in [-0.39, 0.29) is 12.5 Å². The maximum Gasteiger partial charge on any atom is 0.416 e. The van der Waals surface area contributed by atoms with E-state index >= 15 is 0 Å². The molecule has 0 unspecified atom stereocenters. The second-order valence-corrected chi connectivity index (χ2v) is 4.81. The highest BCUT2D eigenvalue weighted by Gasteiger charge is 2.32. The molecule has 1 aliphatic rings. The van der Waals surface area contributed by atoms with Crippen LogP contribution in [-0.4, -0.2) is 30.4 Å². The van der Waals surface area contributed by atoms with Gasteiger partial charge in [-0.2, -0.15) is 13.2 Å². The standard InChI is InChI=1S/C13H15F3N2O/c14-13(15,16)11-3-1-2-9(6-11)10-4-5-18(7-10)8-12(17)19/h1-3,6,10H,4-5,7-8H2,(H2,17,19)/t10-/m1/s1. The van der Waals surface area contributed by atoms with E-state index in [1.54, 1.807) is 6.07 Å². The monoisotopic (exact) mass is 272 g/mol. The van der Waals surface area contributed by atoms with Crippen molar-refractivity contribution in [3.8, 4) is 0 Å². The van der Waals surface area contributed by atoms with Crippen molar-refractivity contribution in [3.05, 3.63) is 35.4 Å². The zero-order valence-corrected chi connectivity index (χ0v) is 10.3. The number of hydrogen-bond donors (Lipinski definition) is 1. The van der Waals surface area contributed by atoms with Gasteiger partial charge in [0.2, 0.25) is 5.91 Å². The normalized spacial score (nSPS) is 20.7. The molecule has 19 heavy (non-hydrogen) atoms. The third-order valence-corrected chi connectivity index (χ3v) is 3.34. The van der Waals surface area contributed by atoms with Gasteiger partial charge in [0, 0.05) is 6.54 Å². The first-order valence-corrected chi connectivity index (χ1v) is 6.04. The Morgan fingerprint density at radius 1 is 1.42 bits per heavy atom. The number of nitrogens with two attached hydrogens (primary N) is 1. The van der Waals surface area contributed by atoms with Crippen LogP contribution >= 0.6 is 0 Å². The number of carbonyl (C=O) groups excluding carboxylic acids is 1. The number of rotatable bonds is 3. The first-order valence-electron chi connectivity index (χ1n) is 6.04. The summed E-state index contributed by atoms with van der Waals surface area (Å²) in [6.07, 6.45) is -3.57. The summed E-state index contributed by atoms with van der Waals surface area (Å²) in [7, 11) is 0. The largest absolute Gasteiger partial charge is 0.416 e. The Morgan fingerprint density at radius 2 is 2.16 bits per heavy atom. The fourth-order valence-corrected chi connectivity index (χ4v) is 2.44. The topological polar surface area (TPSA) is 46.3 Å². The van der Waals surface area contributed by atoms with Gasteiger partial charge in [0.05, 0.1) is 12.1 Å². The van der Waals surface area contributed by atoms with Crippen LogP contribution in [-0.2, 0) is 11.0 Å². The Hall–Kier alpha value is -1.56. The number of alkyl halides is 3. The number of halogens is 3. The molecule has 1 aromatic rings. The summed E-state index contributed by atoms with van der Waals surface area (Å²) in [6, 6.07) is 5.39. The number of primary amides is 1. The van der Waals surface area contributed by atoms with Crippen molar-refractivity contribution < 1.29 is 18.0 Å². The van der Waals surface area contributed by atoms with Crippen LogP contribution in [0.1, 0.15) is 23.5 Å². The molecule has 6 heteroatoms. The maximum absolute atomic E-state index is 12.6. The molecular formula is C13H15F3N2O. The molecule has 0 aliphatic carbocycles. The molecular weight excluding hydrogens is 257 g/mol. The summed E-state index contributed by atoms with van der Waals surface area (Å²) in [5, 5.41) is 0. The summed E-state index contributed by atoms with van der Waals surface area (Å²) in [5.41, 5.74) is 5.15. The molecule has 0 radical (unpaired) electrons. The fourth-order valence-electron chi connectivity index (χ4n) is 2.44. The first kappa shape index (κ1) is 13.9. The van der Waals surface area contributed by atoms with Crippen molar-refractivity contribution >= 4 is 5.91 Å². The summed E-state index contributed by atoms with van der Waals surface area (Å²) < 4.78 is 37.9. The molecule has 0 spiro atoms. The lowest BCUT2D eigenvalue weighted by Crippen LogP contribution is -2.31. The predicted molar refractivity (Wildman–Crippen MR) is 64.4 cm³/mol. The quantitative estimate of drug-likeness (QED) is 0.914. The van der Waals surface area contributed by atoms with E-state index < -0.39 is 17.6 Å². The van der Waals surface area contributed by atoms with Gasteiger partial charge in [-0.05, 0) is 30.5 Å². The van der Waals surface area contributed by atoms with Crippen molar-refractivity contribution in [2.45, 2.75) is 18.5 Å². The second-order valence-electron chi connectivity index (χ2n) is 4.81. The third-order valence-electron chi connectivity index (χ3n) is 3.34. The number of likely N-dealkylation sites (tertiary alicyclic amines) is 1. The van der Waals surface area contributed by atoms with Gasteiger partial charge in [-0.1, -0.05) is 18.2 Å². The van der Waals surface area contributed by atoms with Crippen LogP contribution in [0.15, 0.2) is 24.3 Å². The minimum absolute atomic E-state index is 0.0293. The molecule has 1 aliphatic heterocycles. The first-order chi connectivity index (χ1) is 8.86. The molecule has 1 aromatic carbocycles. The van der Waals surface area contributed by atoms with Crippen LogP contribution in [0.5, 0.6) is 0 Å². The van der Waals surface area contributed by atoms with Gasteiger partial charge < -0.3 is 5.73 Å². The Labute approximate surface area is 109 Å². The minimum atomic E-state index is -4.32. The third kappa shape index (κ3) is 3.47. The molecule has 104 valence electrons. The van der Waals surface area contributed by atoms with Gasteiger partial charge in [-0.25, -0.2) is 0 Å². The summed E-state index contributed by atoms with van der Waals surface area (Å²) in [6.45, 7) is 1.42. The van der Waals surface area contributed by atoms with Crippen LogP contribution in [0, 0.1) is 0 Å². The lowest BCUT2D eigenvalue weighted by molar-refractivity contribution is -0.137. The molecule has 1 saturated heterocycles. The van der Waals surface area contributed by atoms with Crippen molar-refractivity contribution in [1.82, 2.24) is 4.90 Å². The highest BCUT2D eigenvalue weighted by molar-refractivity contribution is 5.75. The predicted octanol–water partition coefficient (Wildman–Crippen LogP) is 1.98. The fraction of sp³-hybridized carbons (Fsp3) is 0.462. The molecule has 0 aromatic heterocycles. The van der Waals surface area contributed by atoms with Crippen molar-refractivity contribution in [3.63, 3.8) is 0 Å². The van der Waals surface area contributed by atoms with Gasteiger partial charge in [-0.15, -0.1) is 0 Å². The Bertz CT molecular complexity index is 473. The van der Waals surface area contributed by atoms with Crippen LogP contribution in [0.25, 0.3) is 0 Å². The Kier molecular flexibility index (Phi) is 3.80. The van der Waals surface area contributed by atoms with E-state index in [2.05, 4.69) is 0 Å². The number of carbonyl (C=O) groups is 1. The molecule has 1 atom stereocenters. The number of hydrogen-bond acceptors (Lipinski definition) is 2. The van der Waals surface area contributed by atoms with E-state index in [0.717, 1.165) is 12.5 Å². The van der Waals surface area contributed by atoms with Crippen molar-refractivity contribution in [2.75, 3.05) is 19.6 Å². The molecule has 0 bridgehead atoms. The molecule has 2 rings (SSSR count). The molecule has 3 nitrogen and oxygen atoms in total. The van der Waals surface area contributed by atoms with Crippen molar-refractivity contribution in [2.24, 2.45) is 5.73 Å². The lowest BCUT2D eigenvalue weighted by Gasteiger charge is -2.15. The SMILES string of the molecule is NC(=O)CN1CC[C@@H](c2cccc(C(F)(F)F)c2)C1. The average molecular weight is 272 g/mol. The Balaban J connectivity index is 2.09. The zero-order valence-electron chi connectivity index (χ0n) is 10.3. The minimum Gasteiger partial charge on any atom is -0.369 e. The Morgan fingerprint density at radius 3 is 2.79 bits per heavy atom.